The molecule has 0 saturated heterocycles. The summed E-state index contributed by atoms with van der Waals surface area (Å²) in [5.74, 6) is -1.18. The van der Waals surface area contributed by atoms with Gasteiger partial charge in [0.1, 0.15) is 17.1 Å². The highest BCUT2D eigenvalue weighted by Gasteiger charge is 2.35. The van der Waals surface area contributed by atoms with Crippen LogP contribution >= 0.6 is 11.6 Å². The Labute approximate surface area is 136 Å². The highest BCUT2D eigenvalue weighted by atomic mass is 35.5. The van der Waals surface area contributed by atoms with Crippen LogP contribution in [0.1, 0.15) is 11.1 Å². The zero-order valence-corrected chi connectivity index (χ0v) is 12.3. The van der Waals surface area contributed by atoms with Gasteiger partial charge in [-0.25, -0.2) is 9.97 Å². The van der Waals surface area contributed by atoms with Crippen molar-refractivity contribution in [1.82, 2.24) is 9.97 Å². The number of hydrogen-bond donors (Lipinski definition) is 1. The van der Waals surface area contributed by atoms with Gasteiger partial charge in [0.05, 0.1) is 0 Å². The van der Waals surface area contributed by atoms with Crippen LogP contribution in [-0.2, 0) is 12.7 Å². The predicted molar refractivity (Wildman–Crippen MR) is 72.5 cm³/mol. The Balaban J connectivity index is 2.25. The number of nitrogens with one attached hydrogen (secondary N) is 1. The first-order chi connectivity index (χ1) is 11.1. The summed E-state index contributed by atoms with van der Waals surface area (Å²) >= 11 is 5.46. The lowest BCUT2D eigenvalue weighted by atomic mass is 10.2. The average molecular weight is 372 g/mol. The van der Waals surface area contributed by atoms with Crippen molar-refractivity contribution in [3.05, 3.63) is 46.9 Å². The number of benzene rings is 1. The maximum atomic E-state index is 12.9. The van der Waals surface area contributed by atoms with Crippen LogP contribution in [0.5, 0.6) is 5.75 Å². The summed E-state index contributed by atoms with van der Waals surface area (Å²) in [6, 6.07) is 5.03. The topological polar surface area (TPSA) is 47.0 Å². The first kappa shape index (κ1) is 18.1. The van der Waals surface area contributed by atoms with E-state index in [0.717, 1.165) is 6.07 Å². The second kappa shape index (κ2) is 6.71. The minimum absolute atomic E-state index is 0.0160. The van der Waals surface area contributed by atoms with Gasteiger partial charge in [0.15, 0.2) is 0 Å². The van der Waals surface area contributed by atoms with Crippen LogP contribution in [0.2, 0.25) is 5.28 Å². The van der Waals surface area contributed by atoms with E-state index in [-0.39, 0.29) is 5.56 Å². The third kappa shape index (κ3) is 4.88. The van der Waals surface area contributed by atoms with E-state index in [4.69, 9.17) is 11.6 Å². The van der Waals surface area contributed by atoms with Crippen LogP contribution in [0.3, 0.4) is 0 Å². The van der Waals surface area contributed by atoms with Crippen LogP contribution in [-0.4, -0.2) is 16.3 Å². The summed E-state index contributed by atoms with van der Waals surface area (Å²) < 4.78 is 79.4. The van der Waals surface area contributed by atoms with E-state index in [1.165, 1.54) is 18.2 Å². The number of para-hydroxylation sites is 1. The summed E-state index contributed by atoms with van der Waals surface area (Å²) in [5.41, 5.74) is -1.21. The van der Waals surface area contributed by atoms with Crippen molar-refractivity contribution in [1.29, 1.82) is 0 Å². The molecule has 0 atom stereocenters. The van der Waals surface area contributed by atoms with E-state index in [9.17, 15) is 26.3 Å². The normalized spacial score (nSPS) is 12.1. The predicted octanol–water partition coefficient (Wildman–Crippen LogP) is 4.66. The molecule has 0 bridgehead atoms. The van der Waals surface area contributed by atoms with Gasteiger partial charge in [0.2, 0.25) is 5.28 Å². The van der Waals surface area contributed by atoms with Gasteiger partial charge in [-0.05, 0) is 17.7 Å². The molecule has 0 radical (unpaired) electrons. The van der Waals surface area contributed by atoms with E-state index in [1.807, 2.05) is 0 Å². The highest BCUT2D eigenvalue weighted by molar-refractivity contribution is 6.28. The summed E-state index contributed by atoms with van der Waals surface area (Å²) in [6.07, 6.45) is -9.20. The van der Waals surface area contributed by atoms with Crippen molar-refractivity contribution in [3.63, 3.8) is 0 Å². The molecule has 11 heteroatoms. The summed E-state index contributed by atoms with van der Waals surface area (Å²) in [5, 5.41) is 1.86. The molecule has 0 spiro atoms. The maximum absolute atomic E-state index is 12.9. The Morgan fingerprint density at radius 2 is 1.75 bits per heavy atom. The first-order valence-corrected chi connectivity index (χ1v) is 6.61. The molecular formula is C13H8ClF6N3O. The monoisotopic (exact) mass is 371 g/mol. The van der Waals surface area contributed by atoms with Gasteiger partial charge < -0.3 is 10.1 Å². The molecule has 2 rings (SSSR count). The van der Waals surface area contributed by atoms with E-state index < -0.39 is 41.5 Å². The van der Waals surface area contributed by atoms with E-state index in [1.54, 1.807) is 0 Å². The molecule has 0 saturated carbocycles. The third-order valence-corrected chi connectivity index (χ3v) is 2.89. The summed E-state index contributed by atoms with van der Waals surface area (Å²) in [7, 11) is 0. The average Bonchev–Trinajstić information content (AvgIpc) is 2.43. The third-order valence-electron chi connectivity index (χ3n) is 2.71. The Morgan fingerprint density at radius 3 is 2.38 bits per heavy atom. The molecule has 1 aromatic carbocycles. The number of ether oxygens (including phenoxy) is 1. The molecule has 4 nitrogen and oxygen atoms in total. The highest BCUT2D eigenvalue weighted by Crippen LogP contribution is 2.34. The number of aromatic nitrogens is 2. The van der Waals surface area contributed by atoms with Crippen LogP contribution < -0.4 is 10.1 Å². The second-order valence-corrected chi connectivity index (χ2v) is 4.75. The molecule has 0 amide bonds. The Hall–Kier alpha value is -2.23. The molecular weight excluding hydrogens is 364 g/mol. The minimum atomic E-state index is -4.93. The van der Waals surface area contributed by atoms with Crippen LogP contribution in [0.15, 0.2) is 30.5 Å². The fraction of sp³-hybridized carbons (Fsp3) is 0.231. The molecule has 1 heterocycles. The lowest BCUT2D eigenvalue weighted by Gasteiger charge is -2.16. The van der Waals surface area contributed by atoms with Gasteiger partial charge in [-0.15, -0.1) is 13.2 Å². The molecule has 1 aromatic heterocycles. The second-order valence-electron chi connectivity index (χ2n) is 4.41. The summed E-state index contributed by atoms with van der Waals surface area (Å²) in [6.45, 7) is -0.400. The molecule has 0 aliphatic carbocycles. The number of hydrogen-bond acceptors (Lipinski definition) is 4. The van der Waals surface area contributed by atoms with Crippen LogP contribution in [0, 0.1) is 0 Å². The zero-order valence-electron chi connectivity index (χ0n) is 11.5. The van der Waals surface area contributed by atoms with Crippen molar-refractivity contribution in [3.8, 4) is 5.75 Å². The van der Waals surface area contributed by atoms with E-state index in [2.05, 4.69) is 20.0 Å². The molecule has 130 valence electrons. The van der Waals surface area contributed by atoms with Crippen molar-refractivity contribution in [2.24, 2.45) is 0 Å². The minimum Gasteiger partial charge on any atom is -0.405 e. The van der Waals surface area contributed by atoms with Gasteiger partial charge in [-0.3, -0.25) is 0 Å². The van der Waals surface area contributed by atoms with Gasteiger partial charge >= 0.3 is 12.5 Å². The van der Waals surface area contributed by atoms with Crippen molar-refractivity contribution in [2.75, 3.05) is 5.32 Å². The molecule has 0 fully saturated rings. The zero-order chi connectivity index (χ0) is 18.0. The smallest absolute Gasteiger partial charge is 0.405 e. The number of nitrogens with zero attached hydrogens (tertiary/aromatic N) is 2. The summed E-state index contributed by atoms with van der Waals surface area (Å²) in [4.78, 5) is 6.67. The maximum Gasteiger partial charge on any atom is 0.573 e. The van der Waals surface area contributed by atoms with Gasteiger partial charge in [0, 0.05) is 18.3 Å². The lowest BCUT2D eigenvalue weighted by Crippen LogP contribution is -2.19. The van der Waals surface area contributed by atoms with Crippen LogP contribution in [0.4, 0.5) is 32.2 Å². The first-order valence-electron chi connectivity index (χ1n) is 6.23. The number of anilines is 1. The van der Waals surface area contributed by atoms with Crippen molar-refractivity contribution in [2.45, 2.75) is 19.1 Å². The van der Waals surface area contributed by atoms with Gasteiger partial charge in [-0.2, -0.15) is 13.2 Å². The van der Waals surface area contributed by atoms with Crippen LogP contribution in [0.25, 0.3) is 0 Å². The van der Waals surface area contributed by atoms with Gasteiger partial charge in [0.25, 0.3) is 0 Å². The van der Waals surface area contributed by atoms with Crippen molar-refractivity contribution >= 4 is 17.4 Å². The number of alkyl halides is 6. The molecule has 0 aliphatic rings. The largest absolute Gasteiger partial charge is 0.573 e. The lowest BCUT2D eigenvalue weighted by molar-refractivity contribution is -0.274. The fourth-order valence-corrected chi connectivity index (χ4v) is 1.89. The number of rotatable bonds is 4. The standard InChI is InChI=1S/C13H8ClF6N3O/c14-11-22-6-8(12(15,16)17)10(23-11)21-5-7-3-1-2-4-9(7)24-13(18,19)20/h1-4,6H,5H2,(H,21,22,23). The van der Waals surface area contributed by atoms with E-state index in [0.29, 0.717) is 6.20 Å². The molecule has 2 aromatic rings. The Kier molecular flexibility index (Phi) is 5.07. The molecule has 24 heavy (non-hydrogen) atoms. The Morgan fingerprint density at radius 1 is 1.08 bits per heavy atom. The SMILES string of the molecule is FC(F)(F)Oc1ccccc1CNc1nc(Cl)ncc1C(F)(F)F. The van der Waals surface area contributed by atoms with Crippen molar-refractivity contribution < 1.29 is 31.1 Å². The van der Waals surface area contributed by atoms with Gasteiger partial charge in [-0.1, -0.05) is 18.2 Å². The molecule has 1 N–H and O–H groups in total. The fourth-order valence-electron chi connectivity index (χ4n) is 1.76. The number of halogens is 7. The molecule has 0 unspecified atom stereocenters. The molecule has 0 aliphatic heterocycles. The van der Waals surface area contributed by atoms with E-state index >= 15 is 0 Å². The quantitative estimate of drug-likeness (QED) is 0.627. The Bertz CT molecular complexity index is 720.